The van der Waals surface area contributed by atoms with Crippen molar-refractivity contribution in [3.63, 3.8) is 0 Å². The van der Waals surface area contributed by atoms with Crippen LogP contribution < -0.4 is 0 Å². The maximum Gasteiger partial charge on any atom is 0.198 e. The van der Waals surface area contributed by atoms with Gasteiger partial charge in [0.25, 0.3) is 0 Å². The Morgan fingerprint density at radius 1 is 0.722 bits per heavy atom. The van der Waals surface area contributed by atoms with Gasteiger partial charge in [0.15, 0.2) is 11.6 Å². The third kappa shape index (κ3) is 2.70. The quantitative estimate of drug-likeness (QED) is 0.830. The van der Waals surface area contributed by atoms with Gasteiger partial charge in [-0.05, 0) is 38.8 Å². The molecule has 94 valence electrons. The van der Waals surface area contributed by atoms with Crippen LogP contribution in [0.5, 0.6) is 0 Å². The van der Waals surface area contributed by atoms with Crippen LogP contribution in [0.1, 0.15) is 36.6 Å². The number of aromatic nitrogens is 4. The van der Waals surface area contributed by atoms with E-state index in [1.54, 1.807) is 0 Å². The van der Waals surface area contributed by atoms with Gasteiger partial charge in [-0.25, -0.2) is 19.9 Å². The van der Waals surface area contributed by atoms with Crippen LogP contribution in [0.15, 0.2) is 12.1 Å². The molecule has 2 aromatic heterocycles. The molecule has 0 N–H and O–H groups in total. The summed E-state index contributed by atoms with van der Waals surface area (Å²) in [4.78, 5) is 17.9. The van der Waals surface area contributed by atoms with E-state index < -0.39 is 0 Å². The molecule has 0 fully saturated rings. The summed E-state index contributed by atoms with van der Waals surface area (Å²) in [6.45, 7) is 8.11. The summed E-state index contributed by atoms with van der Waals surface area (Å²) < 4.78 is 0. The average molecular weight is 242 g/mol. The molecule has 4 heteroatoms. The largest absolute Gasteiger partial charge is 0.231 e. The van der Waals surface area contributed by atoms with Gasteiger partial charge >= 0.3 is 0 Å². The second-order valence-corrected chi connectivity index (χ2v) is 4.36. The van der Waals surface area contributed by atoms with E-state index in [1.807, 2.05) is 26.0 Å². The monoisotopic (exact) mass is 242 g/mol. The minimum atomic E-state index is 0.630. The van der Waals surface area contributed by atoms with Gasteiger partial charge in [0.2, 0.25) is 0 Å². The van der Waals surface area contributed by atoms with Gasteiger partial charge in [-0.1, -0.05) is 13.8 Å². The lowest BCUT2D eigenvalue weighted by Gasteiger charge is -2.06. The summed E-state index contributed by atoms with van der Waals surface area (Å²) in [5, 5.41) is 0. The zero-order valence-corrected chi connectivity index (χ0v) is 11.4. The molecule has 0 aromatic carbocycles. The molecule has 4 nitrogen and oxygen atoms in total. The SMILES string of the molecule is CCc1cc(C)nc(-c2nc(C)cc(CC)n2)n1. The molecule has 2 rings (SSSR count). The van der Waals surface area contributed by atoms with Gasteiger partial charge in [0, 0.05) is 22.8 Å². The smallest absolute Gasteiger partial charge is 0.198 e. The predicted octanol–water partition coefficient (Wildman–Crippen LogP) is 2.68. The van der Waals surface area contributed by atoms with E-state index in [0.717, 1.165) is 35.6 Å². The van der Waals surface area contributed by atoms with E-state index in [1.165, 1.54) is 0 Å². The summed E-state index contributed by atoms with van der Waals surface area (Å²) in [7, 11) is 0. The zero-order valence-electron chi connectivity index (χ0n) is 11.4. The fourth-order valence-electron chi connectivity index (χ4n) is 1.83. The van der Waals surface area contributed by atoms with Gasteiger partial charge in [-0.15, -0.1) is 0 Å². The molecule has 0 amide bonds. The topological polar surface area (TPSA) is 51.6 Å². The molecule has 0 unspecified atom stereocenters. The molecule has 0 saturated carbocycles. The molecule has 0 aliphatic rings. The second kappa shape index (κ2) is 5.21. The van der Waals surface area contributed by atoms with E-state index in [0.29, 0.717) is 11.6 Å². The van der Waals surface area contributed by atoms with Gasteiger partial charge in [0.05, 0.1) is 0 Å². The molecule has 0 atom stereocenters. The van der Waals surface area contributed by atoms with Crippen molar-refractivity contribution in [1.29, 1.82) is 0 Å². The number of rotatable bonds is 3. The summed E-state index contributed by atoms with van der Waals surface area (Å²) in [6.07, 6.45) is 1.78. The number of hydrogen-bond acceptors (Lipinski definition) is 4. The van der Waals surface area contributed by atoms with Crippen molar-refractivity contribution < 1.29 is 0 Å². The zero-order chi connectivity index (χ0) is 13.1. The van der Waals surface area contributed by atoms with E-state index in [9.17, 15) is 0 Å². The third-order valence-electron chi connectivity index (χ3n) is 2.74. The lowest BCUT2D eigenvalue weighted by Crippen LogP contribution is -2.03. The molecule has 2 heterocycles. The maximum absolute atomic E-state index is 4.50. The summed E-state index contributed by atoms with van der Waals surface area (Å²) in [5.41, 5.74) is 3.97. The lowest BCUT2D eigenvalue weighted by molar-refractivity contribution is 0.932. The first-order valence-electron chi connectivity index (χ1n) is 6.31. The van der Waals surface area contributed by atoms with Gasteiger partial charge < -0.3 is 0 Å². The van der Waals surface area contributed by atoms with Crippen molar-refractivity contribution in [2.45, 2.75) is 40.5 Å². The minimum absolute atomic E-state index is 0.630. The Morgan fingerprint density at radius 3 is 1.44 bits per heavy atom. The Morgan fingerprint density at radius 2 is 1.11 bits per heavy atom. The Hall–Kier alpha value is -1.84. The molecular weight excluding hydrogens is 224 g/mol. The van der Waals surface area contributed by atoms with Gasteiger partial charge in [-0.3, -0.25) is 0 Å². The normalized spacial score (nSPS) is 10.7. The highest BCUT2D eigenvalue weighted by Gasteiger charge is 2.09. The molecule has 0 radical (unpaired) electrons. The van der Waals surface area contributed by atoms with Gasteiger partial charge in [-0.2, -0.15) is 0 Å². The Balaban J connectivity index is 2.53. The van der Waals surface area contributed by atoms with Crippen molar-refractivity contribution in [1.82, 2.24) is 19.9 Å². The van der Waals surface area contributed by atoms with Crippen molar-refractivity contribution in [3.05, 3.63) is 34.9 Å². The number of hydrogen-bond donors (Lipinski definition) is 0. The summed E-state index contributed by atoms with van der Waals surface area (Å²) in [5.74, 6) is 1.26. The van der Waals surface area contributed by atoms with Crippen LogP contribution in [0, 0.1) is 13.8 Å². The Kier molecular flexibility index (Phi) is 3.65. The molecule has 0 saturated heterocycles. The van der Waals surface area contributed by atoms with E-state index in [4.69, 9.17) is 0 Å². The maximum atomic E-state index is 4.50. The summed E-state index contributed by atoms with van der Waals surface area (Å²) in [6, 6.07) is 4.00. The molecule has 0 aliphatic carbocycles. The molecule has 2 aromatic rings. The highest BCUT2D eigenvalue weighted by atomic mass is 15.0. The van der Waals surface area contributed by atoms with Crippen molar-refractivity contribution in [2.24, 2.45) is 0 Å². The average Bonchev–Trinajstić information content (AvgIpc) is 2.37. The van der Waals surface area contributed by atoms with Crippen molar-refractivity contribution >= 4 is 0 Å². The second-order valence-electron chi connectivity index (χ2n) is 4.36. The molecular formula is C14H18N4. The number of aryl methyl sites for hydroxylation is 4. The first-order valence-corrected chi connectivity index (χ1v) is 6.31. The summed E-state index contributed by atoms with van der Waals surface area (Å²) >= 11 is 0. The van der Waals surface area contributed by atoms with Crippen LogP contribution in [0.4, 0.5) is 0 Å². The van der Waals surface area contributed by atoms with Crippen molar-refractivity contribution in [3.8, 4) is 11.6 Å². The molecule has 0 spiro atoms. The highest BCUT2D eigenvalue weighted by molar-refractivity contribution is 5.44. The fourth-order valence-corrected chi connectivity index (χ4v) is 1.83. The Labute approximate surface area is 108 Å². The van der Waals surface area contributed by atoms with Gasteiger partial charge in [0.1, 0.15) is 0 Å². The van der Waals surface area contributed by atoms with Crippen LogP contribution in [-0.4, -0.2) is 19.9 Å². The lowest BCUT2D eigenvalue weighted by atomic mass is 10.2. The molecule has 0 aliphatic heterocycles. The van der Waals surface area contributed by atoms with Crippen molar-refractivity contribution in [2.75, 3.05) is 0 Å². The van der Waals surface area contributed by atoms with Crippen LogP contribution >= 0.6 is 0 Å². The van der Waals surface area contributed by atoms with Crippen LogP contribution in [0.2, 0.25) is 0 Å². The third-order valence-corrected chi connectivity index (χ3v) is 2.74. The van der Waals surface area contributed by atoms with Crippen LogP contribution in [0.25, 0.3) is 11.6 Å². The van der Waals surface area contributed by atoms with E-state index >= 15 is 0 Å². The fraction of sp³-hybridized carbons (Fsp3) is 0.429. The van der Waals surface area contributed by atoms with Crippen LogP contribution in [-0.2, 0) is 12.8 Å². The standard InChI is InChI=1S/C14H18N4/c1-5-11-7-9(3)15-13(17-11)14-16-10(4)8-12(6-2)18-14/h7-8H,5-6H2,1-4H3. The first kappa shape index (κ1) is 12.6. The predicted molar refractivity (Wildman–Crippen MR) is 71.3 cm³/mol. The molecule has 0 bridgehead atoms. The molecule has 18 heavy (non-hydrogen) atoms. The minimum Gasteiger partial charge on any atom is -0.231 e. The van der Waals surface area contributed by atoms with Crippen LogP contribution in [0.3, 0.4) is 0 Å². The van der Waals surface area contributed by atoms with E-state index in [2.05, 4.69) is 33.8 Å². The Bertz CT molecular complexity index is 512. The highest BCUT2D eigenvalue weighted by Crippen LogP contribution is 2.13. The number of nitrogens with zero attached hydrogens (tertiary/aromatic N) is 4. The first-order chi connectivity index (χ1) is 8.62. The van der Waals surface area contributed by atoms with E-state index in [-0.39, 0.29) is 0 Å².